The molecule has 2 aromatic rings. The van der Waals surface area contributed by atoms with E-state index in [1.54, 1.807) is 12.1 Å². The highest BCUT2D eigenvalue weighted by Gasteiger charge is 2.11. The zero-order valence-corrected chi connectivity index (χ0v) is 15.6. The Morgan fingerprint density at radius 3 is 2.40 bits per heavy atom. The molecule has 0 saturated heterocycles. The predicted octanol–water partition coefficient (Wildman–Crippen LogP) is 5.08. The van der Waals surface area contributed by atoms with Crippen molar-refractivity contribution < 1.29 is 9.53 Å². The van der Waals surface area contributed by atoms with Gasteiger partial charge >= 0.3 is 0 Å². The molecule has 0 unspecified atom stereocenters. The van der Waals surface area contributed by atoms with Gasteiger partial charge in [-0.3, -0.25) is 15.6 Å². The van der Waals surface area contributed by atoms with Crippen molar-refractivity contribution in [3.05, 3.63) is 69.7 Å². The number of amides is 1. The number of hydrogen-bond donors (Lipinski definition) is 2. The van der Waals surface area contributed by atoms with Crippen molar-refractivity contribution in [2.24, 2.45) is 0 Å². The van der Waals surface area contributed by atoms with Gasteiger partial charge in [0.25, 0.3) is 5.91 Å². The molecule has 0 fully saturated rings. The fraction of sp³-hybridized carbons (Fsp3) is 0.211. The number of benzene rings is 2. The van der Waals surface area contributed by atoms with Gasteiger partial charge in [0.05, 0.1) is 22.9 Å². The lowest BCUT2D eigenvalue weighted by molar-refractivity contribution is 0.0942. The Morgan fingerprint density at radius 1 is 1.08 bits per heavy atom. The van der Waals surface area contributed by atoms with Crippen LogP contribution in [0, 0.1) is 0 Å². The number of halogens is 2. The molecule has 6 heteroatoms. The van der Waals surface area contributed by atoms with Crippen LogP contribution in [-0.4, -0.2) is 12.5 Å². The Bertz CT molecular complexity index is 759. The molecule has 25 heavy (non-hydrogen) atoms. The molecule has 0 spiro atoms. The van der Waals surface area contributed by atoms with Gasteiger partial charge in [0, 0.05) is 5.02 Å². The second kappa shape index (κ2) is 9.35. The fourth-order valence-electron chi connectivity index (χ4n) is 2.21. The topological polar surface area (TPSA) is 50.4 Å². The van der Waals surface area contributed by atoms with E-state index in [0.29, 0.717) is 22.2 Å². The molecule has 0 atom stereocenters. The van der Waals surface area contributed by atoms with Gasteiger partial charge in [-0.05, 0) is 61.4 Å². The molecule has 0 saturated carbocycles. The Hall–Kier alpha value is -2.17. The third-order valence-electron chi connectivity index (χ3n) is 3.37. The Kier molecular flexibility index (Phi) is 7.16. The molecule has 1 amide bonds. The first kappa shape index (κ1) is 19.2. The second-order valence-electron chi connectivity index (χ2n) is 5.19. The van der Waals surface area contributed by atoms with Crippen LogP contribution in [0.3, 0.4) is 0 Å². The highest BCUT2D eigenvalue weighted by atomic mass is 35.5. The van der Waals surface area contributed by atoms with Crippen LogP contribution in [0.15, 0.2) is 48.5 Å². The van der Waals surface area contributed by atoms with Gasteiger partial charge in [-0.25, -0.2) is 0 Å². The van der Waals surface area contributed by atoms with Crippen LogP contribution in [0.5, 0.6) is 5.75 Å². The van der Waals surface area contributed by atoms with Gasteiger partial charge in [0.15, 0.2) is 0 Å². The van der Waals surface area contributed by atoms with Crippen LogP contribution in [0.1, 0.15) is 36.2 Å². The highest BCUT2D eigenvalue weighted by molar-refractivity contribution is 6.36. The Morgan fingerprint density at radius 2 is 1.80 bits per heavy atom. The van der Waals surface area contributed by atoms with Crippen LogP contribution < -0.4 is 15.6 Å². The van der Waals surface area contributed by atoms with Crippen LogP contribution in [0.4, 0.5) is 0 Å². The lowest BCUT2D eigenvalue weighted by Crippen LogP contribution is -2.36. The normalized spacial score (nSPS) is 11.1. The summed E-state index contributed by atoms with van der Waals surface area (Å²) >= 11 is 11.9. The maximum absolute atomic E-state index is 12.3. The van der Waals surface area contributed by atoms with E-state index < -0.39 is 0 Å². The Labute approximate surface area is 157 Å². The van der Waals surface area contributed by atoms with Gasteiger partial charge in [-0.15, -0.1) is 0 Å². The molecule has 2 N–H and O–H groups in total. The van der Waals surface area contributed by atoms with Crippen molar-refractivity contribution in [1.29, 1.82) is 0 Å². The summed E-state index contributed by atoms with van der Waals surface area (Å²) in [7, 11) is 0. The van der Waals surface area contributed by atoms with Crippen molar-refractivity contribution in [2.75, 3.05) is 6.61 Å². The molecule has 0 heterocycles. The smallest absolute Gasteiger partial charge is 0.271 e. The van der Waals surface area contributed by atoms with Crippen molar-refractivity contribution in [3.8, 4) is 5.75 Å². The summed E-state index contributed by atoms with van der Waals surface area (Å²) in [5.74, 6) is 0.466. The summed E-state index contributed by atoms with van der Waals surface area (Å²) in [5.41, 5.74) is 7.71. The van der Waals surface area contributed by atoms with Crippen molar-refractivity contribution in [3.63, 3.8) is 0 Å². The molecule has 0 aliphatic rings. The van der Waals surface area contributed by atoms with Gasteiger partial charge in [0.1, 0.15) is 5.75 Å². The monoisotopic (exact) mass is 378 g/mol. The van der Waals surface area contributed by atoms with E-state index >= 15 is 0 Å². The lowest BCUT2D eigenvalue weighted by Gasteiger charge is -2.14. The highest BCUT2D eigenvalue weighted by Crippen LogP contribution is 2.21. The van der Waals surface area contributed by atoms with Crippen LogP contribution in [0.25, 0.3) is 5.70 Å². The summed E-state index contributed by atoms with van der Waals surface area (Å²) in [6.07, 6.45) is 2.80. The van der Waals surface area contributed by atoms with Crippen LogP contribution >= 0.6 is 23.2 Å². The number of ether oxygens (including phenoxy) is 1. The van der Waals surface area contributed by atoms with Gasteiger partial charge in [-0.1, -0.05) is 36.2 Å². The van der Waals surface area contributed by atoms with Gasteiger partial charge < -0.3 is 4.74 Å². The second-order valence-corrected chi connectivity index (χ2v) is 6.03. The summed E-state index contributed by atoms with van der Waals surface area (Å²) in [5, 5.41) is 0.782. The number of allylic oxidation sites excluding steroid dienone is 1. The van der Waals surface area contributed by atoms with E-state index in [9.17, 15) is 4.79 Å². The molecule has 0 aliphatic carbocycles. The maximum Gasteiger partial charge on any atom is 0.271 e. The third-order valence-corrected chi connectivity index (χ3v) is 3.92. The summed E-state index contributed by atoms with van der Waals surface area (Å²) in [6, 6.07) is 12.4. The third kappa shape index (κ3) is 5.41. The van der Waals surface area contributed by atoms with E-state index in [1.807, 2.05) is 44.2 Å². The number of hydrazine groups is 1. The average Bonchev–Trinajstić information content (AvgIpc) is 2.59. The van der Waals surface area contributed by atoms with E-state index in [-0.39, 0.29) is 5.91 Å². The number of rotatable bonds is 7. The molecule has 2 rings (SSSR count). The minimum absolute atomic E-state index is 0.300. The van der Waals surface area contributed by atoms with Crippen LogP contribution in [0.2, 0.25) is 10.0 Å². The zero-order valence-electron chi connectivity index (χ0n) is 14.1. The van der Waals surface area contributed by atoms with E-state index in [2.05, 4.69) is 10.9 Å². The summed E-state index contributed by atoms with van der Waals surface area (Å²) in [4.78, 5) is 12.3. The first-order valence-electron chi connectivity index (χ1n) is 8.00. The molecule has 0 bridgehead atoms. The SMILES string of the molecule is CCC=C(NNC(=O)c1ccc(Cl)cc1Cl)c1ccc(OCC)cc1. The molecule has 4 nitrogen and oxygen atoms in total. The first-order valence-corrected chi connectivity index (χ1v) is 8.75. The summed E-state index contributed by atoms with van der Waals surface area (Å²) < 4.78 is 5.44. The molecule has 0 aliphatic heterocycles. The van der Waals surface area contributed by atoms with E-state index in [0.717, 1.165) is 23.4 Å². The number of nitrogens with one attached hydrogen (secondary N) is 2. The predicted molar refractivity (Wildman–Crippen MR) is 103 cm³/mol. The van der Waals surface area contributed by atoms with E-state index in [1.165, 1.54) is 6.07 Å². The van der Waals surface area contributed by atoms with Gasteiger partial charge in [-0.2, -0.15) is 0 Å². The van der Waals surface area contributed by atoms with Crippen molar-refractivity contribution in [1.82, 2.24) is 10.9 Å². The number of hydrogen-bond acceptors (Lipinski definition) is 3. The van der Waals surface area contributed by atoms with Crippen molar-refractivity contribution >= 4 is 34.8 Å². The largest absolute Gasteiger partial charge is 0.494 e. The first-order chi connectivity index (χ1) is 12.0. The van der Waals surface area contributed by atoms with Crippen molar-refractivity contribution in [2.45, 2.75) is 20.3 Å². The lowest BCUT2D eigenvalue weighted by atomic mass is 10.1. The summed E-state index contributed by atoms with van der Waals surface area (Å²) in [6.45, 7) is 4.58. The van der Waals surface area contributed by atoms with Gasteiger partial charge in [0.2, 0.25) is 0 Å². The molecule has 0 radical (unpaired) electrons. The molecular weight excluding hydrogens is 359 g/mol. The molecule has 132 valence electrons. The minimum Gasteiger partial charge on any atom is -0.494 e. The standard InChI is InChI=1S/C19H20Cl2N2O2/c1-3-5-18(13-6-9-15(10-7-13)25-4-2)22-23-19(24)16-11-8-14(20)12-17(16)21/h5-12,22H,3-4H2,1-2H3,(H,23,24). The van der Waals surface area contributed by atoms with E-state index in [4.69, 9.17) is 27.9 Å². The quantitative estimate of drug-likeness (QED) is 0.660. The number of carbonyl (C=O) groups is 1. The number of carbonyl (C=O) groups excluding carboxylic acids is 1. The maximum atomic E-state index is 12.3. The zero-order chi connectivity index (χ0) is 18.2. The average molecular weight is 379 g/mol. The molecule has 0 aromatic heterocycles. The minimum atomic E-state index is -0.338. The Balaban J connectivity index is 2.09. The fourth-order valence-corrected chi connectivity index (χ4v) is 2.70. The molecule has 2 aromatic carbocycles. The molecular formula is C19H20Cl2N2O2. The van der Waals surface area contributed by atoms with Crippen LogP contribution in [-0.2, 0) is 0 Å².